The summed E-state index contributed by atoms with van der Waals surface area (Å²) in [6.45, 7) is 1.24. The molecule has 0 bridgehead atoms. The van der Waals surface area contributed by atoms with Crippen molar-refractivity contribution in [1.82, 2.24) is 10.2 Å². The molecular formula is C19H22N2O3S. The molecule has 0 spiro atoms. The molecule has 2 aromatic rings. The van der Waals surface area contributed by atoms with Gasteiger partial charge in [-0.25, -0.2) is 4.79 Å². The van der Waals surface area contributed by atoms with Crippen LogP contribution in [0.15, 0.2) is 48.5 Å². The van der Waals surface area contributed by atoms with Crippen LogP contribution in [0.5, 0.6) is 11.5 Å². The molecule has 6 heteroatoms. The SMILES string of the molecule is COc1cc(OC)cc([C@H]2SCCN2C(=O)NCc2ccccc2)c1. The van der Waals surface area contributed by atoms with E-state index in [1.54, 1.807) is 26.0 Å². The Kier molecular flexibility index (Phi) is 5.71. The molecule has 1 aliphatic rings. The van der Waals surface area contributed by atoms with Crippen LogP contribution < -0.4 is 14.8 Å². The highest BCUT2D eigenvalue weighted by Gasteiger charge is 2.31. The van der Waals surface area contributed by atoms with E-state index in [0.717, 1.165) is 34.9 Å². The minimum absolute atomic E-state index is 0.0419. The van der Waals surface area contributed by atoms with Crippen molar-refractivity contribution < 1.29 is 14.3 Å². The molecule has 0 aliphatic carbocycles. The van der Waals surface area contributed by atoms with Crippen LogP contribution in [0, 0.1) is 0 Å². The monoisotopic (exact) mass is 358 g/mol. The Morgan fingerprint density at radius 3 is 2.48 bits per heavy atom. The second-order valence-electron chi connectivity index (χ2n) is 5.71. The van der Waals surface area contributed by atoms with Crippen molar-refractivity contribution >= 4 is 17.8 Å². The number of ether oxygens (including phenoxy) is 2. The van der Waals surface area contributed by atoms with E-state index in [9.17, 15) is 4.79 Å². The predicted octanol–water partition coefficient (Wildman–Crippen LogP) is 3.66. The summed E-state index contributed by atoms with van der Waals surface area (Å²) in [5.74, 6) is 2.36. The molecule has 1 heterocycles. The molecule has 3 rings (SSSR count). The fourth-order valence-corrected chi connectivity index (χ4v) is 4.04. The molecule has 2 aromatic carbocycles. The molecule has 0 radical (unpaired) electrons. The molecule has 132 valence electrons. The number of amides is 2. The molecule has 0 aromatic heterocycles. The fraction of sp³-hybridized carbons (Fsp3) is 0.316. The number of carbonyl (C=O) groups is 1. The van der Waals surface area contributed by atoms with Gasteiger partial charge in [0.15, 0.2) is 0 Å². The average Bonchev–Trinajstić information content (AvgIpc) is 3.16. The van der Waals surface area contributed by atoms with Crippen molar-refractivity contribution in [2.75, 3.05) is 26.5 Å². The summed E-state index contributed by atoms with van der Waals surface area (Å²) in [7, 11) is 3.26. The molecule has 1 saturated heterocycles. The van der Waals surface area contributed by atoms with Gasteiger partial charge in [-0.3, -0.25) is 0 Å². The number of thioether (sulfide) groups is 1. The van der Waals surface area contributed by atoms with E-state index in [2.05, 4.69) is 5.32 Å². The summed E-state index contributed by atoms with van der Waals surface area (Å²) >= 11 is 1.75. The average molecular weight is 358 g/mol. The van der Waals surface area contributed by atoms with Gasteiger partial charge in [-0.2, -0.15) is 0 Å². The molecule has 1 atom stereocenters. The van der Waals surface area contributed by atoms with Gasteiger partial charge < -0.3 is 19.7 Å². The fourth-order valence-electron chi connectivity index (χ4n) is 2.80. The zero-order valence-corrected chi connectivity index (χ0v) is 15.2. The Bertz CT molecular complexity index is 702. The Hall–Kier alpha value is -2.34. The summed E-state index contributed by atoms with van der Waals surface area (Å²) in [4.78, 5) is 14.5. The van der Waals surface area contributed by atoms with Crippen molar-refractivity contribution in [3.05, 3.63) is 59.7 Å². The highest BCUT2D eigenvalue weighted by molar-refractivity contribution is 7.99. The van der Waals surface area contributed by atoms with Gasteiger partial charge in [0.25, 0.3) is 0 Å². The topological polar surface area (TPSA) is 50.8 Å². The van der Waals surface area contributed by atoms with Crippen LogP contribution in [0.4, 0.5) is 4.79 Å². The van der Waals surface area contributed by atoms with Crippen molar-refractivity contribution in [1.29, 1.82) is 0 Å². The lowest BCUT2D eigenvalue weighted by molar-refractivity contribution is 0.199. The van der Waals surface area contributed by atoms with E-state index in [1.807, 2.05) is 53.4 Å². The number of rotatable bonds is 5. The first-order valence-corrected chi connectivity index (χ1v) is 9.19. The van der Waals surface area contributed by atoms with E-state index < -0.39 is 0 Å². The maximum atomic E-state index is 12.7. The molecule has 1 aliphatic heterocycles. The molecule has 25 heavy (non-hydrogen) atoms. The highest BCUT2D eigenvalue weighted by atomic mass is 32.2. The van der Waals surface area contributed by atoms with Gasteiger partial charge in [0.05, 0.1) is 14.2 Å². The highest BCUT2D eigenvalue weighted by Crippen LogP contribution is 2.40. The number of nitrogens with zero attached hydrogens (tertiary/aromatic N) is 1. The number of benzene rings is 2. The van der Waals surface area contributed by atoms with Crippen LogP contribution in [-0.4, -0.2) is 37.4 Å². The number of hydrogen-bond acceptors (Lipinski definition) is 4. The molecule has 0 unspecified atom stereocenters. The molecule has 0 saturated carbocycles. The van der Waals surface area contributed by atoms with E-state index in [0.29, 0.717) is 6.54 Å². The van der Waals surface area contributed by atoms with Gasteiger partial charge in [-0.1, -0.05) is 30.3 Å². The zero-order chi connectivity index (χ0) is 17.6. The third kappa shape index (κ3) is 4.20. The molecule has 1 fully saturated rings. The third-order valence-electron chi connectivity index (χ3n) is 4.10. The van der Waals surface area contributed by atoms with Crippen molar-refractivity contribution in [3.8, 4) is 11.5 Å². The Labute approximate surface area is 152 Å². The van der Waals surface area contributed by atoms with E-state index >= 15 is 0 Å². The Balaban J connectivity index is 1.72. The maximum absolute atomic E-state index is 12.7. The molecule has 1 N–H and O–H groups in total. The summed E-state index contributed by atoms with van der Waals surface area (Å²) in [6, 6.07) is 15.6. The van der Waals surface area contributed by atoms with Crippen LogP contribution >= 0.6 is 11.8 Å². The first-order chi connectivity index (χ1) is 12.2. The van der Waals surface area contributed by atoms with Crippen LogP contribution in [0.3, 0.4) is 0 Å². The van der Waals surface area contributed by atoms with Crippen LogP contribution in [0.1, 0.15) is 16.5 Å². The zero-order valence-electron chi connectivity index (χ0n) is 14.4. The predicted molar refractivity (Wildman–Crippen MR) is 100 cm³/mol. The van der Waals surface area contributed by atoms with Crippen LogP contribution in [-0.2, 0) is 6.54 Å². The second kappa shape index (κ2) is 8.16. The minimum atomic E-state index is -0.0550. The van der Waals surface area contributed by atoms with Gasteiger partial charge in [0.2, 0.25) is 0 Å². The number of nitrogens with one attached hydrogen (secondary N) is 1. The van der Waals surface area contributed by atoms with E-state index in [4.69, 9.17) is 9.47 Å². The van der Waals surface area contributed by atoms with Crippen molar-refractivity contribution in [2.24, 2.45) is 0 Å². The standard InChI is InChI=1S/C19H22N2O3S/c1-23-16-10-15(11-17(12-16)24-2)18-21(8-9-25-18)19(22)20-13-14-6-4-3-5-7-14/h3-7,10-12,18H,8-9,13H2,1-2H3,(H,20,22)/t18-/m1/s1. The number of hydrogen-bond donors (Lipinski definition) is 1. The lowest BCUT2D eigenvalue weighted by Gasteiger charge is -2.25. The van der Waals surface area contributed by atoms with E-state index in [-0.39, 0.29) is 11.4 Å². The minimum Gasteiger partial charge on any atom is -0.497 e. The number of carbonyl (C=O) groups excluding carboxylic acids is 1. The summed E-state index contributed by atoms with van der Waals surface area (Å²) < 4.78 is 10.7. The van der Waals surface area contributed by atoms with Gasteiger partial charge in [-0.05, 0) is 23.3 Å². The maximum Gasteiger partial charge on any atom is 0.318 e. The third-order valence-corrected chi connectivity index (χ3v) is 5.36. The lowest BCUT2D eigenvalue weighted by atomic mass is 10.2. The van der Waals surface area contributed by atoms with Crippen LogP contribution in [0.2, 0.25) is 0 Å². The molecule has 2 amide bonds. The number of urea groups is 1. The summed E-state index contributed by atoms with van der Waals surface area (Å²) in [5, 5.41) is 2.97. The quantitative estimate of drug-likeness (QED) is 0.886. The van der Waals surface area contributed by atoms with E-state index in [1.165, 1.54) is 0 Å². The number of methoxy groups -OCH3 is 2. The first kappa shape index (κ1) is 17.5. The summed E-state index contributed by atoms with van der Waals surface area (Å²) in [5.41, 5.74) is 2.09. The van der Waals surface area contributed by atoms with Gasteiger partial charge in [0.1, 0.15) is 16.9 Å². The van der Waals surface area contributed by atoms with Crippen LogP contribution in [0.25, 0.3) is 0 Å². The lowest BCUT2D eigenvalue weighted by Crippen LogP contribution is -2.39. The second-order valence-corrected chi connectivity index (χ2v) is 6.89. The molecule has 5 nitrogen and oxygen atoms in total. The largest absolute Gasteiger partial charge is 0.497 e. The van der Waals surface area contributed by atoms with Gasteiger partial charge in [-0.15, -0.1) is 11.8 Å². The Morgan fingerprint density at radius 1 is 1.16 bits per heavy atom. The smallest absolute Gasteiger partial charge is 0.318 e. The normalized spacial score (nSPS) is 16.6. The van der Waals surface area contributed by atoms with Gasteiger partial charge in [0, 0.05) is 24.9 Å². The molecular weight excluding hydrogens is 336 g/mol. The first-order valence-electron chi connectivity index (χ1n) is 8.14. The van der Waals surface area contributed by atoms with Crippen molar-refractivity contribution in [2.45, 2.75) is 11.9 Å². The van der Waals surface area contributed by atoms with Crippen molar-refractivity contribution in [3.63, 3.8) is 0 Å². The van der Waals surface area contributed by atoms with Gasteiger partial charge >= 0.3 is 6.03 Å². The Morgan fingerprint density at radius 2 is 1.84 bits per heavy atom. The summed E-state index contributed by atoms with van der Waals surface area (Å²) in [6.07, 6.45) is 0.